The minimum atomic E-state index is 0.226. The predicted octanol–water partition coefficient (Wildman–Crippen LogP) is 7.08. The van der Waals surface area contributed by atoms with Crippen LogP contribution in [0.25, 0.3) is 11.1 Å². The van der Waals surface area contributed by atoms with Crippen molar-refractivity contribution in [1.82, 2.24) is 0 Å². The fourth-order valence-corrected chi connectivity index (χ4v) is 3.58. The summed E-state index contributed by atoms with van der Waals surface area (Å²) in [6.45, 7) is 12.9. The Bertz CT molecular complexity index is 650. The monoisotopic (exact) mass is 330 g/mol. The van der Waals surface area contributed by atoms with Gasteiger partial charge >= 0.3 is 0 Å². The number of phenols is 1. The summed E-state index contributed by atoms with van der Waals surface area (Å²) in [4.78, 5) is 0. The largest absolute Gasteiger partial charge is 0.508 e. The van der Waals surface area contributed by atoms with E-state index in [0.717, 1.165) is 22.3 Å². The molecule has 0 bridgehead atoms. The number of hydrogen-bond acceptors (Lipinski definition) is 1. The van der Waals surface area contributed by atoms with Gasteiger partial charge in [0.05, 0.1) is 0 Å². The Kier molecular flexibility index (Phi) is 5.41. The normalized spacial score (nSPS) is 11.7. The average Bonchev–Trinajstić information content (AvgIpc) is 2.45. The molecule has 1 N–H and O–H groups in total. The molecule has 2 aromatic carbocycles. The van der Waals surface area contributed by atoms with Gasteiger partial charge in [-0.1, -0.05) is 77.4 Å². The van der Waals surface area contributed by atoms with E-state index < -0.39 is 0 Å². The van der Waals surface area contributed by atoms with Crippen LogP contribution in [-0.4, -0.2) is 5.11 Å². The molecule has 0 saturated carbocycles. The van der Waals surface area contributed by atoms with E-state index >= 15 is 0 Å². The molecular weight excluding hydrogens is 304 g/mol. The zero-order valence-corrected chi connectivity index (χ0v) is 15.7. The van der Waals surface area contributed by atoms with Gasteiger partial charge in [0.15, 0.2) is 0 Å². The van der Waals surface area contributed by atoms with Crippen molar-refractivity contribution in [3.8, 4) is 16.9 Å². The second-order valence-corrected chi connectivity index (χ2v) is 7.57. The molecular formula is C21H27ClO. The Balaban J connectivity index is 2.76. The second-order valence-electron chi connectivity index (χ2n) is 7.17. The molecule has 0 aliphatic carbocycles. The predicted molar refractivity (Wildman–Crippen MR) is 101 cm³/mol. The van der Waals surface area contributed by atoms with Crippen molar-refractivity contribution in [2.75, 3.05) is 0 Å². The standard InChI is InChI=1S/C21H27ClO/c1-12(2)15-7-9-16(10-8-15)21-19(13(3)4)17(22)11-18(23)20(21)14(5)6/h7-14,23H,1-6H3. The molecule has 0 aliphatic rings. The summed E-state index contributed by atoms with van der Waals surface area (Å²) in [7, 11) is 0. The molecule has 0 aliphatic heterocycles. The van der Waals surface area contributed by atoms with E-state index in [1.807, 2.05) is 0 Å². The molecule has 124 valence electrons. The van der Waals surface area contributed by atoms with E-state index in [1.54, 1.807) is 6.07 Å². The molecule has 2 aromatic rings. The molecule has 0 atom stereocenters. The second kappa shape index (κ2) is 6.97. The lowest BCUT2D eigenvalue weighted by atomic mass is 9.84. The third-order valence-electron chi connectivity index (χ3n) is 4.36. The topological polar surface area (TPSA) is 20.2 Å². The van der Waals surface area contributed by atoms with Gasteiger partial charge in [0, 0.05) is 10.6 Å². The van der Waals surface area contributed by atoms with Crippen LogP contribution in [0.15, 0.2) is 30.3 Å². The van der Waals surface area contributed by atoms with Crippen LogP contribution in [0.1, 0.15) is 76.0 Å². The van der Waals surface area contributed by atoms with Gasteiger partial charge in [-0.15, -0.1) is 0 Å². The molecule has 0 heterocycles. The average molecular weight is 331 g/mol. The van der Waals surface area contributed by atoms with E-state index in [-0.39, 0.29) is 11.7 Å². The Morgan fingerprint density at radius 2 is 1.30 bits per heavy atom. The number of hydrogen-bond donors (Lipinski definition) is 1. The molecule has 0 amide bonds. The number of benzene rings is 2. The molecule has 0 radical (unpaired) electrons. The lowest BCUT2D eigenvalue weighted by Gasteiger charge is -2.23. The van der Waals surface area contributed by atoms with Crippen LogP contribution < -0.4 is 0 Å². The molecule has 23 heavy (non-hydrogen) atoms. The van der Waals surface area contributed by atoms with Crippen molar-refractivity contribution in [1.29, 1.82) is 0 Å². The van der Waals surface area contributed by atoms with Crippen molar-refractivity contribution in [2.45, 2.75) is 59.3 Å². The summed E-state index contributed by atoms with van der Waals surface area (Å²) in [6.07, 6.45) is 0. The minimum Gasteiger partial charge on any atom is -0.508 e. The Morgan fingerprint density at radius 1 is 0.783 bits per heavy atom. The van der Waals surface area contributed by atoms with Crippen LogP contribution in [-0.2, 0) is 0 Å². The van der Waals surface area contributed by atoms with E-state index in [9.17, 15) is 5.11 Å². The fourth-order valence-electron chi connectivity index (χ4n) is 3.16. The van der Waals surface area contributed by atoms with Gasteiger partial charge in [-0.25, -0.2) is 0 Å². The highest BCUT2D eigenvalue weighted by Gasteiger charge is 2.22. The van der Waals surface area contributed by atoms with Crippen molar-refractivity contribution in [2.24, 2.45) is 0 Å². The molecule has 0 spiro atoms. The third kappa shape index (κ3) is 3.55. The minimum absolute atomic E-state index is 0.226. The highest BCUT2D eigenvalue weighted by molar-refractivity contribution is 6.32. The maximum absolute atomic E-state index is 10.5. The van der Waals surface area contributed by atoms with Crippen molar-refractivity contribution in [3.63, 3.8) is 0 Å². The Morgan fingerprint density at radius 3 is 1.74 bits per heavy atom. The summed E-state index contributed by atoms with van der Waals surface area (Å²) in [5.41, 5.74) is 5.63. The number of aromatic hydroxyl groups is 1. The molecule has 0 saturated heterocycles. The van der Waals surface area contributed by atoms with Crippen molar-refractivity contribution < 1.29 is 5.11 Å². The van der Waals surface area contributed by atoms with Gasteiger partial charge in [0.25, 0.3) is 0 Å². The lowest BCUT2D eigenvalue weighted by Crippen LogP contribution is -2.02. The highest BCUT2D eigenvalue weighted by atomic mass is 35.5. The smallest absolute Gasteiger partial charge is 0.121 e. The lowest BCUT2D eigenvalue weighted by molar-refractivity contribution is 0.465. The Hall–Kier alpha value is -1.47. The molecule has 2 rings (SSSR count). The van der Waals surface area contributed by atoms with E-state index in [4.69, 9.17) is 11.6 Å². The first kappa shape index (κ1) is 17.9. The molecule has 2 heteroatoms. The number of rotatable bonds is 4. The highest BCUT2D eigenvalue weighted by Crippen LogP contribution is 2.44. The molecule has 0 unspecified atom stereocenters. The number of halogens is 1. The van der Waals surface area contributed by atoms with Crippen LogP contribution in [0.2, 0.25) is 5.02 Å². The summed E-state index contributed by atoms with van der Waals surface area (Å²) in [5.74, 6) is 1.31. The van der Waals surface area contributed by atoms with Crippen LogP contribution in [0.3, 0.4) is 0 Å². The SMILES string of the molecule is CC(C)c1ccc(-c2c(C(C)C)c(O)cc(Cl)c2C(C)C)cc1. The van der Waals surface area contributed by atoms with Gasteiger partial charge in [0.1, 0.15) is 5.75 Å². The van der Waals surface area contributed by atoms with E-state index in [2.05, 4.69) is 65.8 Å². The summed E-state index contributed by atoms with van der Waals surface area (Å²) in [5, 5.41) is 11.1. The first-order valence-corrected chi connectivity index (χ1v) is 8.77. The van der Waals surface area contributed by atoms with Crippen molar-refractivity contribution in [3.05, 3.63) is 52.0 Å². The Labute approximate surface area is 145 Å². The van der Waals surface area contributed by atoms with Crippen LogP contribution >= 0.6 is 11.6 Å². The van der Waals surface area contributed by atoms with Crippen LogP contribution in [0.4, 0.5) is 0 Å². The van der Waals surface area contributed by atoms with Crippen LogP contribution in [0.5, 0.6) is 5.75 Å². The van der Waals surface area contributed by atoms with Gasteiger partial charge in [0.2, 0.25) is 0 Å². The maximum Gasteiger partial charge on any atom is 0.121 e. The summed E-state index contributed by atoms with van der Waals surface area (Å²) >= 11 is 6.48. The summed E-state index contributed by atoms with van der Waals surface area (Å²) < 4.78 is 0. The first-order chi connectivity index (χ1) is 10.7. The molecule has 0 aromatic heterocycles. The molecule has 0 fully saturated rings. The van der Waals surface area contributed by atoms with E-state index in [0.29, 0.717) is 16.9 Å². The van der Waals surface area contributed by atoms with Gasteiger partial charge in [-0.05, 0) is 46.1 Å². The molecule has 1 nitrogen and oxygen atoms in total. The third-order valence-corrected chi connectivity index (χ3v) is 4.67. The van der Waals surface area contributed by atoms with E-state index in [1.165, 1.54) is 5.56 Å². The maximum atomic E-state index is 10.5. The van der Waals surface area contributed by atoms with Gasteiger partial charge in [-0.2, -0.15) is 0 Å². The van der Waals surface area contributed by atoms with Gasteiger partial charge in [-0.3, -0.25) is 0 Å². The van der Waals surface area contributed by atoms with Crippen LogP contribution in [0, 0.1) is 0 Å². The first-order valence-electron chi connectivity index (χ1n) is 8.39. The van der Waals surface area contributed by atoms with Gasteiger partial charge < -0.3 is 5.11 Å². The number of phenolic OH excluding ortho intramolecular Hbond substituents is 1. The van der Waals surface area contributed by atoms with Crippen molar-refractivity contribution >= 4 is 11.6 Å². The fraction of sp³-hybridized carbons (Fsp3) is 0.429. The zero-order valence-electron chi connectivity index (χ0n) is 14.9. The summed E-state index contributed by atoms with van der Waals surface area (Å²) in [6, 6.07) is 10.3. The quantitative estimate of drug-likeness (QED) is 0.634. The zero-order chi connectivity index (χ0) is 17.3.